The normalized spacial score (nSPS) is 24.4. The minimum Gasteiger partial charge on any atom is -0.351 e. The van der Waals surface area contributed by atoms with Gasteiger partial charge in [0.25, 0.3) is 5.91 Å². The predicted octanol–water partition coefficient (Wildman–Crippen LogP) is 1.82. The van der Waals surface area contributed by atoms with Gasteiger partial charge in [-0.2, -0.15) is 0 Å². The smallest absolute Gasteiger partial charge is 0.253 e. The molecule has 6 heteroatoms. The van der Waals surface area contributed by atoms with Gasteiger partial charge in [0.1, 0.15) is 6.04 Å². The first-order valence-corrected chi connectivity index (χ1v) is 9.98. The van der Waals surface area contributed by atoms with E-state index in [4.69, 9.17) is 0 Å². The first-order chi connectivity index (χ1) is 13.7. The Bertz CT molecular complexity index is 800. The molecule has 6 nitrogen and oxygen atoms in total. The van der Waals surface area contributed by atoms with Crippen molar-refractivity contribution in [2.75, 3.05) is 0 Å². The number of nitrogens with one attached hydrogen (secondary N) is 3. The Balaban J connectivity index is 1.45. The fourth-order valence-corrected chi connectivity index (χ4v) is 4.27. The lowest BCUT2D eigenvalue weighted by Crippen LogP contribution is -2.54. The molecule has 3 N–H and O–H groups in total. The van der Waals surface area contributed by atoms with Gasteiger partial charge in [0.2, 0.25) is 5.91 Å². The van der Waals surface area contributed by atoms with Crippen LogP contribution in [-0.4, -0.2) is 41.0 Å². The topological polar surface area (TPSA) is 83.1 Å². The standard InChI is InChI=1S/C22H26N4O2/c27-21(16-7-4-10-23-14-16)26-20(11-15-5-2-1-3-6-15)22(28)25-19-12-17-8-9-18(13-19)24-17/h1-7,10,14,17-20,24H,8-9,11-13H2,(H,25,28)(H,26,27). The SMILES string of the molecule is O=C(NC(Cc1ccccc1)C(=O)NC1CC2CCC(C1)N2)c1cccnc1. The Morgan fingerprint density at radius 3 is 2.50 bits per heavy atom. The van der Waals surface area contributed by atoms with Crippen LogP contribution in [-0.2, 0) is 11.2 Å². The minimum atomic E-state index is -0.623. The number of pyridine rings is 1. The number of amides is 2. The zero-order valence-electron chi connectivity index (χ0n) is 15.8. The van der Waals surface area contributed by atoms with Crippen molar-refractivity contribution in [1.82, 2.24) is 20.9 Å². The number of rotatable bonds is 6. The second-order valence-electron chi connectivity index (χ2n) is 7.77. The largest absolute Gasteiger partial charge is 0.351 e. The van der Waals surface area contributed by atoms with E-state index in [1.54, 1.807) is 18.3 Å². The molecule has 2 fully saturated rings. The summed E-state index contributed by atoms with van der Waals surface area (Å²) in [4.78, 5) is 29.7. The van der Waals surface area contributed by atoms with Crippen molar-refractivity contribution < 1.29 is 9.59 Å². The van der Waals surface area contributed by atoms with Gasteiger partial charge in [-0.3, -0.25) is 14.6 Å². The summed E-state index contributed by atoms with van der Waals surface area (Å²) < 4.78 is 0. The number of piperidine rings is 1. The molecular weight excluding hydrogens is 352 g/mol. The van der Waals surface area contributed by atoms with Crippen LogP contribution in [0.1, 0.15) is 41.6 Å². The average molecular weight is 378 g/mol. The van der Waals surface area contributed by atoms with Crippen LogP contribution in [0.3, 0.4) is 0 Å². The average Bonchev–Trinajstić information content (AvgIpc) is 3.07. The van der Waals surface area contributed by atoms with Crippen molar-refractivity contribution >= 4 is 11.8 Å². The fraction of sp³-hybridized carbons (Fsp3) is 0.409. The summed E-state index contributed by atoms with van der Waals surface area (Å²) in [5.41, 5.74) is 1.47. The van der Waals surface area contributed by atoms with Crippen LogP contribution in [0.5, 0.6) is 0 Å². The van der Waals surface area contributed by atoms with Gasteiger partial charge in [-0.25, -0.2) is 0 Å². The van der Waals surface area contributed by atoms with Gasteiger partial charge in [-0.15, -0.1) is 0 Å². The van der Waals surface area contributed by atoms with Crippen molar-refractivity contribution in [1.29, 1.82) is 0 Å². The van der Waals surface area contributed by atoms with E-state index in [1.807, 2.05) is 30.3 Å². The maximum Gasteiger partial charge on any atom is 0.253 e. The van der Waals surface area contributed by atoms with E-state index in [1.165, 1.54) is 19.0 Å². The van der Waals surface area contributed by atoms with E-state index in [2.05, 4.69) is 20.9 Å². The highest BCUT2D eigenvalue weighted by Crippen LogP contribution is 2.26. The summed E-state index contributed by atoms with van der Waals surface area (Å²) in [5.74, 6) is -0.401. The van der Waals surface area contributed by atoms with E-state index in [9.17, 15) is 9.59 Å². The number of hydrogen-bond donors (Lipinski definition) is 3. The maximum atomic E-state index is 13.1. The van der Waals surface area contributed by atoms with E-state index in [-0.39, 0.29) is 17.9 Å². The molecular formula is C22H26N4O2. The third-order valence-electron chi connectivity index (χ3n) is 5.65. The van der Waals surface area contributed by atoms with E-state index in [0.29, 0.717) is 24.1 Å². The summed E-state index contributed by atoms with van der Waals surface area (Å²) in [5, 5.41) is 9.68. The summed E-state index contributed by atoms with van der Waals surface area (Å²) >= 11 is 0. The maximum absolute atomic E-state index is 13.1. The summed E-state index contributed by atoms with van der Waals surface area (Å²) in [6, 6.07) is 13.7. The number of carbonyl (C=O) groups is 2. The third-order valence-corrected chi connectivity index (χ3v) is 5.65. The number of carbonyl (C=O) groups excluding carboxylic acids is 2. The number of nitrogens with zero attached hydrogens (tertiary/aromatic N) is 1. The Kier molecular flexibility index (Phi) is 5.67. The van der Waals surface area contributed by atoms with Crippen molar-refractivity contribution in [2.24, 2.45) is 0 Å². The van der Waals surface area contributed by atoms with Crippen LogP contribution in [0.2, 0.25) is 0 Å². The second kappa shape index (κ2) is 8.52. The molecule has 28 heavy (non-hydrogen) atoms. The molecule has 2 aliphatic heterocycles. The lowest BCUT2D eigenvalue weighted by Gasteiger charge is -2.31. The second-order valence-corrected chi connectivity index (χ2v) is 7.77. The van der Waals surface area contributed by atoms with Gasteiger partial charge in [0.05, 0.1) is 5.56 Å². The Hall–Kier alpha value is -2.73. The van der Waals surface area contributed by atoms with E-state index < -0.39 is 6.04 Å². The highest BCUT2D eigenvalue weighted by Gasteiger charge is 2.35. The number of hydrogen-bond acceptors (Lipinski definition) is 4. The van der Waals surface area contributed by atoms with Crippen molar-refractivity contribution in [3.8, 4) is 0 Å². The molecule has 3 heterocycles. The van der Waals surface area contributed by atoms with Crippen molar-refractivity contribution in [2.45, 2.75) is 56.3 Å². The molecule has 0 spiro atoms. The van der Waals surface area contributed by atoms with E-state index in [0.717, 1.165) is 18.4 Å². The molecule has 0 aliphatic carbocycles. The molecule has 2 bridgehead atoms. The quantitative estimate of drug-likeness (QED) is 0.716. The molecule has 2 amide bonds. The van der Waals surface area contributed by atoms with Gasteiger partial charge in [0.15, 0.2) is 0 Å². The molecule has 0 saturated carbocycles. The molecule has 2 saturated heterocycles. The monoisotopic (exact) mass is 378 g/mol. The molecule has 3 unspecified atom stereocenters. The number of aromatic nitrogens is 1. The lowest BCUT2D eigenvalue weighted by atomic mass is 9.98. The number of fused-ring (bicyclic) bond motifs is 2. The van der Waals surface area contributed by atoms with Crippen LogP contribution in [0.4, 0.5) is 0 Å². The first-order valence-electron chi connectivity index (χ1n) is 9.98. The van der Waals surface area contributed by atoms with E-state index >= 15 is 0 Å². The van der Waals surface area contributed by atoms with Gasteiger partial charge in [0, 0.05) is 36.9 Å². The molecule has 1 aromatic carbocycles. The molecule has 0 radical (unpaired) electrons. The van der Waals surface area contributed by atoms with Crippen LogP contribution in [0.15, 0.2) is 54.9 Å². The minimum absolute atomic E-state index is 0.118. The fourth-order valence-electron chi connectivity index (χ4n) is 4.27. The highest BCUT2D eigenvalue weighted by molar-refractivity contribution is 5.97. The van der Waals surface area contributed by atoms with Crippen LogP contribution < -0.4 is 16.0 Å². The zero-order valence-corrected chi connectivity index (χ0v) is 15.8. The lowest BCUT2D eigenvalue weighted by molar-refractivity contribution is -0.123. The summed E-state index contributed by atoms with van der Waals surface area (Å²) in [7, 11) is 0. The molecule has 2 aromatic rings. The highest BCUT2D eigenvalue weighted by atomic mass is 16.2. The molecule has 1 aromatic heterocycles. The Labute approximate surface area is 165 Å². The van der Waals surface area contributed by atoms with Crippen LogP contribution >= 0.6 is 0 Å². The zero-order chi connectivity index (χ0) is 19.3. The Morgan fingerprint density at radius 2 is 1.82 bits per heavy atom. The summed E-state index contributed by atoms with van der Waals surface area (Å²) in [6.07, 6.45) is 7.86. The van der Waals surface area contributed by atoms with Gasteiger partial charge >= 0.3 is 0 Å². The van der Waals surface area contributed by atoms with Crippen molar-refractivity contribution in [3.63, 3.8) is 0 Å². The van der Waals surface area contributed by atoms with Crippen molar-refractivity contribution in [3.05, 3.63) is 66.0 Å². The molecule has 146 valence electrons. The molecule has 3 atom stereocenters. The van der Waals surface area contributed by atoms with Gasteiger partial charge in [-0.1, -0.05) is 30.3 Å². The first kappa shape index (κ1) is 18.6. The molecule has 4 rings (SSSR count). The third kappa shape index (κ3) is 4.57. The summed E-state index contributed by atoms with van der Waals surface area (Å²) in [6.45, 7) is 0. The van der Waals surface area contributed by atoms with Crippen LogP contribution in [0.25, 0.3) is 0 Å². The number of benzene rings is 1. The molecule has 2 aliphatic rings. The Morgan fingerprint density at radius 1 is 1.07 bits per heavy atom. The van der Waals surface area contributed by atoms with Gasteiger partial charge in [-0.05, 0) is 43.4 Å². The predicted molar refractivity (Wildman–Crippen MR) is 107 cm³/mol. The van der Waals surface area contributed by atoms with Crippen LogP contribution in [0, 0.1) is 0 Å². The van der Waals surface area contributed by atoms with Gasteiger partial charge < -0.3 is 16.0 Å².